The molecule has 1 amide bonds. The number of rotatable bonds is 5. The fourth-order valence-corrected chi connectivity index (χ4v) is 3.79. The Labute approximate surface area is 182 Å². The minimum Gasteiger partial charge on any atom is -0.497 e. The van der Waals surface area contributed by atoms with Crippen LogP contribution in [0.3, 0.4) is 0 Å². The summed E-state index contributed by atoms with van der Waals surface area (Å²) in [5.74, 6) is 1.53. The molecule has 0 bridgehead atoms. The van der Waals surface area contributed by atoms with Crippen molar-refractivity contribution in [2.75, 3.05) is 25.5 Å². The summed E-state index contributed by atoms with van der Waals surface area (Å²) in [7, 11) is 1.65. The third-order valence-electron chi connectivity index (χ3n) is 5.27. The first-order valence-corrected chi connectivity index (χ1v) is 10.6. The minimum absolute atomic E-state index is 0.0793. The number of nitrogens with one attached hydrogen (secondary N) is 1. The van der Waals surface area contributed by atoms with E-state index in [2.05, 4.69) is 10.4 Å². The molecule has 0 unspecified atom stereocenters. The highest BCUT2D eigenvalue weighted by molar-refractivity contribution is 5.78. The predicted octanol–water partition coefficient (Wildman–Crippen LogP) is 4.22. The number of anilines is 1. The van der Waals surface area contributed by atoms with Crippen molar-refractivity contribution in [1.29, 1.82) is 0 Å². The molecule has 3 heterocycles. The summed E-state index contributed by atoms with van der Waals surface area (Å²) in [6.45, 7) is 7.00. The zero-order valence-electron chi connectivity index (χ0n) is 18.5. The summed E-state index contributed by atoms with van der Waals surface area (Å²) < 4.78 is 12.7. The van der Waals surface area contributed by atoms with E-state index in [9.17, 15) is 4.79 Å². The van der Waals surface area contributed by atoms with Crippen LogP contribution in [0.1, 0.15) is 33.6 Å². The average molecular weight is 424 g/mol. The quantitative estimate of drug-likeness (QED) is 0.662. The Morgan fingerprint density at radius 2 is 2.13 bits per heavy atom. The molecule has 0 radical (unpaired) electrons. The lowest BCUT2D eigenvalue weighted by atomic mass is 10.1. The van der Waals surface area contributed by atoms with Gasteiger partial charge >= 0.3 is 6.09 Å². The third-order valence-corrected chi connectivity index (χ3v) is 5.27. The minimum atomic E-state index is -0.497. The van der Waals surface area contributed by atoms with Crippen LogP contribution in [0, 0.1) is 0 Å². The molecule has 2 aromatic heterocycles. The molecule has 8 heteroatoms. The van der Waals surface area contributed by atoms with Crippen molar-refractivity contribution < 1.29 is 14.3 Å². The van der Waals surface area contributed by atoms with Crippen molar-refractivity contribution in [3.63, 3.8) is 0 Å². The normalized spacial score (nSPS) is 16.5. The van der Waals surface area contributed by atoms with E-state index < -0.39 is 5.60 Å². The smallest absolute Gasteiger partial charge is 0.410 e. The van der Waals surface area contributed by atoms with Gasteiger partial charge in [-0.3, -0.25) is 0 Å². The molecule has 0 spiro atoms. The second kappa shape index (κ2) is 8.45. The van der Waals surface area contributed by atoms with Gasteiger partial charge in [-0.25, -0.2) is 14.3 Å². The molecule has 1 aliphatic heterocycles. The van der Waals surface area contributed by atoms with Gasteiger partial charge in [-0.1, -0.05) is 12.1 Å². The van der Waals surface area contributed by atoms with E-state index in [4.69, 9.17) is 14.5 Å². The first kappa shape index (κ1) is 21.0. The van der Waals surface area contributed by atoms with Gasteiger partial charge in [0, 0.05) is 24.8 Å². The monoisotopic (exact) mass is 423 g/mol. The Morgan fingerprint density at radius 3 is 2.90 bits per heavy atom. The Balaban J connectivity index is 1.49. The van der Waals surface area contributed by atoms with Crippen LogP contribution in [0.25, 0.3) is 16.8 Å². The highest BCUT2D eigenvalue weighted by atomic mass is 16.6. The van der Waals surface area contributed by atoms with E-state index in [1.807, 2.05) is 68.4 Å². The average Bonchev–Trinajstić information content (AvgIpc) is 3.37. The molecule has 0 saturated carbocycles. The van der Waals surface area contributed by atoms with Crippen LogP contribution in [0.2, 0.25) is 0 Å². The zero-order chi connectivity index (χ0) is 22.0. The van der Waals surface area contributed by atoms with Crippen molar-refractivity contribution >= 4 is 17.6 Å². The maximum absolute atomic E-state index is 12.5. The first-order valence-electron chi connectivity index (χ1n) is 10.6. The third kappa shape index (κ3) is 4.73. The van der Waals surface area contributed by atoms with Crippen molar-refractivity contribution in [1.82, 2.24) is 19.5 Å². The number of aromatic nitrogens is 3. The van der Waals surface area contributed by atoms with Gasteiger partial charge < -0.3 is 19.7 Å². The zero-order valence-corrected chi connectivity index (χ0v) is 18.5. The number of benzene rings is 1. The number of ether oxygens (including phenoxy) is 2. The number of hydrogen-bond acceptors (Lipinski definition) is 6. The lowest BCUT2D eigenvalue weighted by molar-refractivity contribution is 0.0235. The topological polar surface area (TPSA) is 81.0 Å². The van der Waals surface area contributed by atoms with Crippen LogP contribution in [0.15, 0.2) is 42.7 Å². The molecule has 1 fully saturated rings. The second-order valence-corrected chi connectivity index (χ2v) is 8.72. The number of carbonyl (C=O) groups excluding carboxylic acids is 1. The summed E-state index contributed by atoms with van der Waals surface area (Å²) in [6.07, 6.45) is 5.35. The maximum atomic E-state index is 12.5. The van der Waals surface area contributed by atoms with Crippen molar-refractivity contribution in [3.8, 4) is 16.9 Å². The van der Waals surface area contributed by atoms with Gasteiger partial charge in [0.1, 0.15) is 17.2 Å². The van der Waals surface area contributed by atoms with Gasteiger partial charge in [0.25, 0.3) is 0 Å². The Morgan fingerprint density at radius 1 is 1.29 bits per heavy atom. The molecule has 3 aromatic rings. The van der Waals surface area contributed by atoms with Gasteiger partial charge in [-0.15, -0.1) is 0 Å². The number of methoxy groups -OCH3 is 1. The number of fused-ring (bicyclic) bond motifs is 1. The fourth-order valence-electron chi connectivity index (χ4n) is 3.79. The molecular weight excluding hydrogens is 394 g/mol. The number of amides is 1. The highest BCUT2D eigenvalue weighted by Gasteiger charge is 2.32. The molecule has 4 rings (SSSR count). The molecular formula is C23H29N5O3. The molecule has 1 N–H and O–H groups in total. The van der Waals surface area contributed by atoms with E-state index in [1.165, 1.54) is 0 Å². The van der Waals surface area contributed by atoms with E-state index in [1.54, 1.807) is 11.6 Å². The molecule has 8 nitrogen and oxygen atoms in total. The lowest BCUT2D eigenvalue weighted by Gasteiger charge is -2.28. The maximum Gasteiger partial charge on any atom is 0.410 e. The number of carbonyl (C=O) groups is 1. The van der Waals surface area contributed by atoms with Crippen LogP contribution in [0.5, 0.6) is 5.75 Å². The predicted molar refractivity (Wildman–Crippen MR) is 119 cm³/mol. The highest BCUT2D eigenvalue weighted by Crippen LogP contribution is 2.27. The molecule has 0 aliphatic carbocycles. The molecule has 164 valence electrons. The van der Waals surface area contributed by atoms with Crippen LogP contribution in [0.4, 0.5) is 10.6 Å². The van der Waals surface area contributed by atoms with Gasteiger partial charge in [0.15, 0.2) is 5.65 Å². The molecule has 1 atom stereocenters. The SMILES string of the molecule is COc1cccc(-c2cnn3ccc(NC[C@@H]4CCCN4C(=O)OC(C)(C)C)nc23)c1. The lowest BCUT2D eigenvalue weighted by Crippen LogP contribution is -2.42. The van der Waals surface area contributed by atoms with E-state index in [0.29, 0.717) is 6.54 Å². The van der Waals surface area contributed by atoms with E-state index in [0.717, 1.165) is 47.7 Å². The standard InChI is InChI=1S/C23H29N5O3/c1-23(2,3)31-22(29)27-11-6-8-17(27)14-24-20-10-12-28-21(26-20)19(15-25-28)16-7-5-9-18(13-16)30-4/h5,7,9-10,12-13,15,17H,6,8,11,14H2,1-4H3,(H,24,26)/t17-/m0/s1. The summed E-state index contributed by atoms with van der Waals surface area (Å²) in [5, 5.41) is 7.81. The fraction of sp³-hybridized carbons (Fsp3) is 0.435. The Hall–Kier alpha value is -3.29. The van der Waals surface area contributed by atoms with Crippen LogP contribution >= 0.6 is 0 Å². The summed E-state index contributed by atoms with van der Waals surface area (Å²) >= 11 is 0. The Bertz CT molecular complexity index is 1070. The number of hydrogen-bond donors (Lipinski definition) is 1. The van der Waals surface area contributed by atoms with Crippen LogP contribution in [-0.4, -0.2) is 57.4 Å². The largest absolute Gasteiger partial charge is 0.497 e. The van der Waals surface area contributed by atoms with Gasteiger partial charge in [0.2, 0.25) is 0 Å². The second-order valence-electron chi connectivity index (χ2n) is 8.72. The molecule has 1 aromatic carbocycles. The summed E-state index contributed by atoms with van der Waals surface area (Å²) in [6, 6.07) is 9.81. The van der Waals surface area contributed by atoms with Crippen molar-refractivity contribution in [3.05, 3.63) is 42.7 Å². The molecule has 1 aliphatic rings. The van der Waals surface area contributed by atoms with Crippen LogP contribution in [-0.2, 0) is 4.74 Å². The number of likely N-dealkylation sites (tertiary alicyclic amines) is 1. The summed E-state index contributed by atoms with van der Waals surface area (Å²) in [5.41, 5.74) is 2.18. The van der Waals surface area contributed by atoms with Crippen molar-refractivity contribution in [2.45, 2.75) is 45.3 Å². The van der Waals surface area contributed by atoms with E-state index in [-0.39, 0.29) is 12.1 Å². The van der Waals surface area contributed by atoms with Gasteiger partial charge in [-0.05, 0) is 57.4 Å². The molecule has 1 saturated heterocycles. The Kier molecular flexibility index (Phi) is 5.71. The van der Waals surface area contributed by atoms with Crippen LogP contribution < -0.4 is 10.1 Å². The van der Waals surface area contributed by atoms with Gasteiger partial charge in [0.05, 0.1) is 19.3 Å². The summed E-state index contributed by atoms with van der Waals surface area (Å²) in [4.78, 5) is 19.1. The first-order chi connectivity index (χ1) is 14.8. The van der Waals surface area contributed by atoms with Gasteiger partial charge in [-0.2, -0.15) is 5.10 Å². The van der Waals surface area contributed by atoms with Crippen molar-refractivity contribution in [2.24, 2.45) is 0 Å². The molecule has 31 heavy (non-hydrogen) atoms. The number of nitrogens with zero attached hydrogens (tertiary/aromatic N) is 4. The van der Waals surface area contributed by atoms with E-state index >= 15 is 0 Å².